The maximum Gasteiger partial charge on any atom is 0.305 e. The standard InChI is InChI=1S/C16H23BrN2O2S/c1-12(13-7-9-14(17)10-8-13)19-16(22)18-11-5-3-4-6-15(20)21-2/h7-10,12H,3-6,11H2,1-2H3,(H2,18,19,22)/t12-/m1/s1. The topological polar surface area (TPSA) is 50.4 Å². The largest absolute Gasteiger partial charge is 0.469 e. The molecule has 1 aromatic carbocycles. The van der Waals surface area contributed by atoms with Crippen LogP contribution in [-0.2, 0) is 9.53 Å². The molecule has 1 aromatic rings. The van der Waals surface area contributed by atoms with Gasteiger partial charge in [0.05, 0.1) is 13.2 Å². The molecule has 0 amide bonds. The fourth-order valence-electron chi connectivity index (χ4n) is 1.96. The summed E-state index contributed by atoms with van der Waals surface area (Å²) < 4.78 is 5.67. The van der Waals surface area contributed by atoms with E-state index in [1.54, 1.807) is 0 Å². The number of esters is 1. The number of methoxy groups -OCH3 is 1. The van der Waals surface area contributed by atoms with Crippen LogP contribution >= 0.6 is 28.1 Å². The first-order valence-corrected chi connectivity index (χ1v) is 8.59. The van der Waals surface area contributed by atoms with Crippen molar-refractivity contribution in [1.29, 1.82) is 0 Å². The Labute approximate surface area is 146 Å². The Kier molecular flexibility index (Phi) is 9.08. The van der Waals surface area contributed by atoms with Crippen molar-refractivity contribution >= 4 is 39.2 Å². The lowest BCUT2D eigenvalue weighted by Gasteiger charge is -2.17. The van der Waals surface area contributed by atoms with Crippen LogP contribution in [0.1, 0.15) is 44.2 Å². The Morgan fingerprint density at radius 2 is 1.95 bits per heavy atom. The van der Waals surface area contributed by atoms with Gasteiger partial charge in [0.15, 0.2) is 5.11 Å². The molecule has 0 radical (unpaired) electrons. The second-order valence-electron chi connectivity index (χ2n) is 5.06. The van der Waals surface area contributed by atoms with Gasteiger partial charge in [-0.2, -0.15) is 0 Å². The Morgan fingerprint density at radius 1 is 1.27 bits per heavy atom. The van der Waals surface area contributed by atoms with E-state index in [1.165, 1.54) is 12.7 Å². The number of ether oxygens (including phenoxy) is 1. The van der Waals surface area contributed by atoms with Crippen molar-refractivity contribution in [3.8, 4) is 0 Å². The van der Waals surface area contributed by atoms with Gasteiger partial charge < -0.3 is 15.4 Å². The lowest BCUT2D eigenvalue weighted by molar-refractivity contribution is -0.140. The number of nitrogens with one attached hydrogen (secondary N) is 2. The molecule has 2 N–H and O–H groups in total. The molecule has 0 aromatic heterocycles. The molecular weight excluding hydrogens is 364 g/mol. The highest BCUT2D eigenvalue weighted by Crippen LogP contribution is 2.16. The van der Waals surface area contributed by atoms with E-state index in [4.69, 9.17) is 12.2 Å². The van der Waals surface area contributed by atoms with Crippen LogP contribution in [0.4, 0.5) is 0 Å². The predicted octanol–water partition coefficient (Wildman–Crippen LogP) is 3.71. The molecule has 0 saturated heterocycles. The van der Waals surface area contributed by atoms with Crippen LogP contribution < -0.4 is 10.6 Å². The second-order valence-corrected chi connectivity index (χ2v) is 6.38. The summed E-state index contributed by atoms with van der Waals surface area (Å²) >= 11 is 8.71. The SMILES string of the molecule is COC(=O)CCCCCNC(=S)N[C@H](C)c1ccc(Br)cc1. The Hall–Kier alpha value is -1.14. The van der Waals surface area contributed by atoms with E-state index in [9.17, 15) is 4.79 Å². The first-order chi connectivity index (χ1) is 10.5. The Balaban J connectivity index is 2.15. The van der Waals surface area contributed by atoms with Crippen LogP contribution in [0.25, 0.3) is 0 Å². The first kappa shape index (κ1) is 18.9. The van der Waals surface area contributed by atoms with E-state index < -0.39 is 0 Å². The number of hydrogen-bond acceptors (Lipinski definition) is 3. The summed E-state index contributed by atoms with van der Waals surface area (Å²) in [4.78, 5) is 11.0. The van der Waals surface area contributed by atoms with E-state index in [0.717, 1.165) is 30.3 Å². The van der Waals surface area contributed by atoms with Crippen molar-refractivity contribution in [2.75, 3.05) is 13.7 Å². The highest BCUT2D eigenvalue weighted by molar-refractivity contribution is 9.10. The van der Waals surface area contributed by atoms with Crippen LogP contribution in [-0.4, -0.2) is 24.7 Å². The molecular formula is C16H23BrN2O2S. The third kappa shape index (κ3) is 7.75. The van der Waals surface area contributed by atoms with E-state index in [1.807, 2.05) is 12.1 Å². The van der Waals surface area contributed by atoms with Crippen LogP contribution in [0.3, 0.4) is 0 Å². The fraction of sp³-hybridized carbons (Fsp3) is 0.500. The molecule has 122 valence electrons. The second kappa shape index (κ2) is 10.6. The monoisotopic (exact) mass is 386 g/mol. The van der Waals surface area contributed by atoms with Crippen LogP contribution in [0.2, 0.25) is 0 Å². The van der Waals surface area contributed by atoms with E-state index in [0.29, 0.717) is 11.5 Å². The minimum Gasteiger partial charge on any atom is -0.469 e. The smallest absolute Gasteiger partial charge is 0.305 e. The molecule has 0 saturated carbocycles. The zero-order valence-corrected chi connectivity index (χ0v) is 15.4. The molecule has 1 rings (SSSR count). The van der Waals surface area contributed by atoms with Crippen molar-refractivity contribution in [2.45, 2.75) is 38.6 Å². The Morgan fingerprint density at radius 3 is 2.59 bits per heavy atom. The molecule has 0 spiro atoms. The zero-order chi connectivity index (χ0) is 16.4. The van der Waals surface area contributed by atoms with Gasteiger partial charge in [-0.1, -0.05) is 34.5 Å². The summed E-state index contributed by atoms with van der Waals surface area (Å²) in [6.45, 7) is 2.88. The molecule has 0 aliphatic carbocycles. The summed E-state index contributed by atoms with van der Waals surface area (Å²) in [6.07, 6.45) is 3.29. The third-order valence-corrected chi connectivity index (χ3v) is 4.08. The van der Waals surface area contributed by atoms with Gasteiger partial charge in [0, 0.05) is 17.4 Å². The molecule has 0 unspecified atom stereocenters. The number of thiocarbonyl (C=S) groups is 1. The maximum atomic E-state index is 11.0. The third-order valence-electron chi connectivity index (χ3n) is 3.29. The quantitative estimate of drug-likeness (QED) is 0.405. The predicted molar refractivity (Wildman–Crippen MR) is 96.8 cm³/mol. The van der Waals surface area contributed by atoms with Crippen LogP contribution in [0.15, 0.2) is 28.7 Å². The molecule has 0 heterocycles. The molecule has 6 heteroatoms. The van der Waals surface area contributed by atoms with Gasteiger partial charge in [-0.15, -0.1) is 0 Å². The number of rotatable bonds is 8. The zero-order valence-electron chi connectivity index (χ0n) is 13.0. The van der Waals surface area contributed by atoms with Crippen molar-refractivity contribution < 1.29 is 9.53 Å². The number of hydrogen-bond donors (Lipinski definition) is 2. The van der Waals surface area contributed by atoms with Crippen molar-refractivity contribution in [2.24, 2.45) is 0 Å². The Bertz CT molecular complexity index is 480. The lowest BCUT2D eigenvalue weighted by Crippen LogP contribution is -2.37. The van der Waals surface area contributed by atoms with Crippen LogP contribution in [0, 0.1) is 0 Å². The average Bonchev–Trinajstić information content (AvgIpc) is 2.50. The van der Waals surface area contributed by atoms with Gasteiger partial charge >= 0.3 is 5.97 Å². The highest BCUT2D eigenvalue weighted by Gasteiger charge is 2.06. The first-order valence-electron chi connectivity index (χ1n) is 7.39. The minimum atomic E-state index is -0.145. The summed E-state index contributed by atoms with van der Waals surface area (Å²) in [5.74, 6) is -0.145. The van der Waals surface area contributed by atoms with E-state index in [-0.39, 0.29) is 12.0 Å². The number of benzene rings is 1. The molecule has 0 aliphatic heterocycles. The molecule has 4 nitrogen and oxygen atoms in total. The molecule has 0 fully saturated rings. The van der Waals surface area contributed by atoms with Gasteiger partial charge in [0.25, 0.3) is 0 Å². The van der Waals surface area contributed by atoms with E-state index >= 15 is 0 Å². The summed E-state index contributed by atoms with van der Waals surface area (Å²) in [5, 5.41) is 7.11. The average molecular weight is 387 g/mol. The molecule has 0 bridgehead atoms. The summed E-state index contributed by atoms with van der Waals surface area (Å²) in [6, 6.07) is 8.33. The molecule has 0 aliphatic rings. The van der Waals surface area contributed by atoms with Crippen LogP contribution in [0.5, 0.6) is 0 Å². The molecule has 22 heavy (non-hydrogen) atoms. The number of carbonyl (C=O) groups is 1. The van der Waals surface area contributed by atoms with Crippen molar-refractivity contribution in [3.63, 3.8) is 0 Å². The minimum absolute atomic E-state index is 0.145. The van der Waals surface area contributed by atoms with Gasteiger partial charge in [0.2, 0.25) is 0 Å². The van der Waals surface area contributed by atoms with E-state index in [2.05, 4.69) is 50.4 Å². The fourth-order valence-corrected chi connectivity index (χ4v) is 2.50. The normalized spacial score (nSPS) is 11.6. The van der Waals surface area contributed by atoms with Crippen molar-refractivity contribution in [3.05, 3.63) is 34.3 Å². The molecule has 1 atom stereocenters. The van der Waals surface area contributed by atoms with Gasteiger partial charge in [-0.05, 0) is 49.7 Å². The van der Waals surface area contributed by atoms with Crippen molar-refractivity contribution in [1.82, 2.24) is 10.6 Å². The maximum absolute atomic E-state index is 11.0. The number of unbranched alkanes of at least 4 members (excludes halogenated alkanes) is 2. The summed E-state index contributed by atoms with van der Waals surface area (Å²) in [5.41, 5.74) is 1.19. The number of halogens is 1. The van der Waals surface area contributed by atoms with Gasteiger partial charge in [-0.3, -0.25) is 4.79 Å². The summed E-state index contributed by atoms with van der Waals surface area (Å²) in [7, 11) is 1.42. The highest BCUT2D eigenvalue weighted by atomic mass is 79.9. The lowest BCUT2D eigenvalue weighted by atomic mass is 10.1. The van der Waals surface area contributed by atoms with Gasteiger partial charge in [-0.25, -0.2) is 0 Å². The van der Waals surface area contributed by atoms with Gasteiger partial charge in [0.1, 0.15) is 0 Å². The number of carbonyl (C=O) groups excluding carboxylic acids is 1.